The highest BCUT2D eigenvalue weighted by Crippen LogP contribution is 2.27. The van der Waals surface area contributed by atoms with Crippen LogP contribution in [0.3, 0.4) is 0 Å². The second kappa shape index (κ2) is 7.89. The van der Waals surface area contributed by atoms with Gasteiger partial charge in [0.1, 0.15) is 10.8 Å². The molecule has 0 unspecified atom stereocenters. The second-order valence-electron chi connectivity index (χ2n) is 5.87. The monoisotopic (exact) mass is 397 g/mol. The highest BCUT2D eigenvalue weighted by molar-refractivity contribution is 7.98. The van der Waals surface area contributed by atoms with Crippen molar-refractivity contribution in [1.29, 1.82) is 0 Å². The van der Waals surface area contributed by atoms with Crippen LogP contribution >= 0.6 is 23.1 Å². The second-order valence-corrected chi connectivity index (χ2v) is 7.67. The van der Waals surface area contributed by atoms with Gasteiger partial charge in [-0.05, 0) is 17.7 Å². The summed E-state index contributed by atoms with van der Waals surface area (Å²) in [5, 5.41) is 12.0. The average molecular weight is 398 g/mol. The van der Waals surface area contributed by atoms with Crippen molar-refractivity contribution < 1.29 is 4.39 Å². The lowest BCUT2D eigenvalue weighted by Crippen LogP contribution is -2.14. The molecular weight excluding hydrogens is 381 g/mol. The Bertz CT molecular complexity index is 1030. The summed E-state index contributed by atoms with van der Waals surface area (Å²) in [6.45, 7) is 0. The predicted octanol–water partition coefficient (Wildman–Crippen LogP) is 4.14. The average Bonchev–Trinajstić information content (AvgIpc) is 3.30. The molecular formula is C19H16FN5S2. The maximum Gasteiger partial charge on any atom is 0.210 e. The number of halogens is 1. The van der Waals surface area contributed by atoms with E-state index in [1.54, 1.807) is 23.5 Å². The summed E-state index contributed by atoms with van der Waals surface area (Å²) in [7, 11) is 0. The van der Waals surface area contributed by atoms with E-state index >= 15 is 0 Å². The molecule has 0 bridgehead atoms. The van der Waals surface area contributed by atoms with Crippen molar-refractivity contribution in [3.63, 3.8) is 0 Å². The minimum atomic E-state index is -0.262. The third-order valence-electron chi connectivity index (χ3n) is 3.93. The van der Waals surface area contributed by atoms with Crippen LogP contribution in [-0.2, 0) is 12.2 Å². The topological polar surface area (TPSA) is 69.6 Å². The van der Waals surface area contributed by atoms with E-state index in [0.29, 0.717) is 23.2 Å². The quantitative estimate of drug-likeness (QED) is 0.391. The van der Waals surface area contributed by atoms with Crippen molar-refractivity contribution in [1.82, 2.24) is 19.9 Å². The zero-order chi connectivity index (χ0) is 18.6. The summed E-state index contributed by atoms with van der Waals surface area (Å²) in [6, 6.07) is 16.4. The summed E-state index contributed by atoms with van der Waals surface area (Å²) >= 11 is 3.11. The van der Waals surface area contributed by atoms with Crippen molar-refractivity contribution in [2.45, 2.75) is 17.3 Å². The summed E-state index contributed by atoms with van der Waals surface area (Å²) in [4.78, 5) is 4.67. The predicted molar refractivity (Wildman–Crippen MR) is 106 cm³/mol. The number of rotatable bonds is 6. The number of hydrogen-bond acceptors (Lipinski definition) is 6. The van der Waals surface area contributed by atoms with Crippen LogP contribution in [0.15, 0.2) is 65.1 Å². The van der Waals surface area contributed by atoms with E-state index in [1.165, 1.54) is 28.6 Å². The molecule has 0 saturated carbocycles. The highest BCUT2D eigenvalue weighted by Gasteiger charge is 2.12. The van der Waals surface area contributed by atoms with Gasteiger partial charge in [-0.1, -0.05) is 54.2 Å². The molecule has 0 atom stereocenters. The molecule has 27 heavy (non-hydrogen) atoms. The van der Waals surface area contributed by atoms with Crippen molar-refractivity contribution in [3.05, 3.63) is 82.9 Å². The van der Waals surface area contributed by atoms with Gasteiger partial charge in [-0.3, -0.25) is 0 Å². The van der Waals surface area contributed by atoms with Crippen LogP contribution in [0.4, 0.5) is 4.39 Å². The normalized spacial score (nSPS) is 11.0. The molecule has 8 heteroatoms. The van der Waals surface area contributed by atoms with Gasteiger partial charge in [-0.25, -0.2) is 14.1 Å². The maximum atomic E-state index is 13.0. The Kier molecular flexibility index (Phi) is 5.17. The molecule has 2 aromatic heterocycles. The zero-order valence-electron chi connectivity index (χ0n) is 14.2. The fourth-order valence-corrected chi connectivity index (χ4v) is 4.24. The fourth-order valence-electron chi connectivity index (χ4n) is 2.54. The third kappa shape index (κ3) is 4.17. The minimum absolute atomic E-state index is 0.262. The van der Waals surface area contributed by atoms with Crippen LogP contribution in [0.25, 0.3) is 10.6 Å². The van der Waals surface area contributed by atoms with Gasteiger partial charge in [0.05, 0.1) is 5.69 Å². The van der Waals surface area contributed by atoms with E-state index in [4.69, 9.17) is 5.84 Å². The van der Waals surface area contributed by atoms with Gasteiger partial charge in [-0.2, -0.15) is 0 Å². The first-order valence-corrected chi connectivity index (χ1v) is 10.1. The molecule has 0 aliphatic heterocycles. The number of thioether (sulfide) groups is 1. The Balaban J connectivity index is 1.41. The number of thiazole rings is 1. The first-order chi connectivity index (χ1) is 13.2. The zero-order valence-corrected chi connectivity index (χ0v) is 15.9. The highest BCUT2D eigenvalue weighted by atomic mass is 32.2. The molecule has 0 aliphatic carbocycles. The minimum Gasteiger partial charge on any atom is -0.336 e. The van der Waals surface area contributed by atoms with Gasteiger partial charge in [0.25, 0.3) is 0 Å². The molecule has 0 spiro atoms. The molecule has 5 nitrogen and oxygen atoms in total. The Morgan fingerprint density at radius 2 is 1.81 bits per heavy atom. The van der Waals surface area contributed by atoms with Gasteiger partial charge in [0, 0.05) is 23.1 Å². The van der Waals surface area contributed by atoms with Crippen LogP contribution in [0.2, 0.25) is 0 Å². The first kappa shape index (κ1) is 17.7. The molecule has 0 radical (unpaired) electrons. The number of hydrogen-bond donors (Lipinski definition) is 1. The Hall–Kier alpha value is -2.71. The molecule has 0 amide bonds. The van der Waals surface area contributed by atoms with E-state index in [2.05, 4.69) is 15.2 Å². The van der Waals surface area contributed by atoms with Gasteiger partial charge in [0.15, 0.2) is 5.82 Å². The first-order valence-electron chi connectivity index (χ1n) is 8.25. The molecule has 4 aromatic rings. The summed E-state index contributed by atoms with van der Waals surface area (Å²) < 4.78 is 14.5. The molecule has 2 heterocycles. The van der Waals surface area contributed by atoms with E-state index in [0.717, 1.165) is 21.8 Å². The van der Waals surface area contributed by atoms with Crippen molar-refractivity contribution in [2.24, 2.45) is 0 Å². The van der Waals surface area contributed by atoms with E-state index in [9.17, 15) is 4.39 Å². The molecule has 136 valence electrons. The van der Waals surface area contributed by atoms with Crippen LogP contribution in [0.5, 0.6) is 0 Å². The number of nitrogen functional groups attached to an aromatic ring is 1. The van der Waals surface area contributed by atoms with Crippen LogP contribution in [-0.4, -0.2) is 19.9 Å². The fraction of sp³-hybridized carbons (Fsp3) is 0.105. The lowest BCUT2D eigenvalue weighted by Gasteiger charge is -2.03. The summed E-state index contributed by atoms with van der Waals surface area (Å²) in [5.74, 6) is 7.15. The van der Waals surface area contributed by atoms with E-state index < -0.39 is 0 Å². The van der Waals surface area contributed by atoms with E-state index in [-0.39, 0.29) is 5.82 Å². The molecule has 0 aliphatic rings. The standard InChI is InChI=1S/C19H16FN5S2/c20-15-8-6-13(7-9-15)10-17-23-24-19(25(17)21)27-12-16-11-26-18(22-16)14-4-2-1-3-5-14/h1-9,11H,10,12,21H2. The number of aromatic nitrogens is 4. The van der Waals surface area contributed by atoms with Crippen molar-refractivity contribution in [3.8, 4) is 10.6 Å². The molecule has 2 aromatic carbocycles. The van der Waals surface area contributed by atoms with E-state index in [1.807, 2.05) is 35.7 Å². The molecule has 0 fully saturated rings. The van der Waals surface area contributed by atoms with Crippen molar-refractivity contribution in [2.75, 3.05) is 5.84 Å². The lowest BCUT2D eigenvalue weighted by atomic mass is 10.1. The number of nitrogens with zero attached hydrogens (tertiary/aromatic N) is 4. The Morgan fingerprint density at radius 3 is 2.59 bits per heavy atom. The van der Waals surface area contributed by atoms with Gasteiger partial charge < -0.3 is 5.84 Å². The van der Waals surface area contributed by atoms with Gasteiger partial charge in [0.2, 0.25) is 5.16 Å². The van der Waals surface area contributed by atoms with Gasteiger partial charge in [-0.15, -0.1) is 21.5 Å². The van der Waals surface area contributed by atoms with Gasteiger partial charge >= 0.3 is 0 Å². The maximum absolute atomic E-state index is 13.0. The van der Waals surface area contributed by atoms with Crippen molar-refractivity contribution >= 4 is 23.1 Å². The van der Waals surface area contributed by atoms with Crippen LogP contribution in [0, 0.1) is 5.82 Å². The smallest absolute Gasteiger partial charge is 0.210 e. The lowest BCUT2D eigenvalue weighted by molar-refractivity contribution is 0.627. The number of benzene rings is 2. The SMILES string of the molecule is Nn1c(Cc2ccc(F)cc2)nnc1SCc1csc(-c2ccccc2)n1. The largest absolute Gasteiger partial charge is 0.336 e. The molecule has 2 N–H and O–H groups in total. The number of nitrogens with two attached hydrogens (primary N) is 1. The van der Waals surface area contributed by atoms with Crippen LogP contribution < -0.4 is 5.84 Å². The Labute approximate surface area is 164 Å². The molecule has 4 rings (SSSR count). The third-order valence-corrected chi connectivity index (χ3v) is 5.85. The van der Waals surface area contributed by atoms with Crippen LogP contribution in [0.1, 0.15) is 17.1 Å². The summed E-state index contributed by atoms with van der Waals surface area (Å²) in [6.07, 6.45) is 0.499. The Morgan fingerprint density at radius 1 is 1.04 bits per heavy atom. The summed E-state index contributed by atoms with van der Waals surface area (Å²) in [5.41, 5.74) is 3.02. The molecule has 0 saturated heterocycles.